The Balaban J connectivity index is 2.54. The largest absolute Gasteiger partial charge is 0.494 e. The molecule has 2 rings (SSSR count). The molecule has 104 valence electrons. The van der Waals surface area contributed by atoms with Gasteiger partial charge in [-0.25, -0.2) is 0 Å². The summed E-state index contributed by atoms with van der Waals surface area (Å²) in [5.74, 6) is 0.738. The van der Waals surface area contributed by atoms with Crippen LogP contribution in [-0.2, 0) is 4.57 Å². The summed E-state index contributed by atoms with van der Waals surface area (Å²) >= 11 is 5.32. The molecule has 4 nitrogen and oxygen atoms in total. The predicted octanol–water partition coefficient (Wildman–Crippen LogP) is 3.04. The number of rotatable bonds is 3. The van der Waals surface area contributed by atoms with Gasteiger partial charge in [-0.1, -0.05) is 0 Å². The summed E-state index contributed by atoms with van der Waals surface area (Å²) in [6.45, 7) is 8.25. The van der Waals surface area contributed by atoms with Crippen LogP contribution in [0, 0.1) is 0 Å². The SMILES string of the molecule is CCOc1ccc2c(c1)P(C)(=O)N(C(C)C)C(=S)N2. The van der Waals surface area contributed by atoms with Crippen LogP contribution in [0.25, 0.3) is 0 Å². The summed E-state index contributed by atoms with van der Waals surface area (Å²) < 4.78 is 20.4. The van der Waals surface area contributed by atoms with E-state index in [2.05, 4.69) is 5.32 Å². The first-order chi connectivity index (χ1) is 8.87. The zero-order chi connectivity index (χ0) is 14.2. The maximum Gasteiger partial charge on any atom is 0.202 e. The van der Waals surface area contributed by atoms with Gasteiger partial charge in [0.25, 0.3) is 0 Å². The number of fused-ring (bicyclic) bond motifs is 1. The van der Waals surface area contributed by atoms with Crippen LogP contribution < -0.4 is 15.4 Å². The molecule has 0 saturated heterocycles. The van der Waals surface area contributed by atoms with E-state index in [1.807, 2.05) is 39.0 Å². The number of thiocarbonyl (C=S) groups is 1. The third kappa shape index (κ3) is 2.49. The maximum atomic E-state index is 13.1. The quantitative estimate of drug-likeness (QED) is 0.686. The van der Waals surface area contributed by atoms with Crippen molar-refractivity contribution in [3.63, 3.8) is 0 Å². The Morgan fingerprint density at radius 2 is 2.16 bits per heavy atom. The third-order valence-corrected chi connectivity index (χ3v) is 6.26. The van der Waals surface area contributed by atoms with E-state index in [0.29, 0.717) is 11.7 Å². The van der Waals surface area contributed by atoms with Crippen LogP contribution in [0.3, 0.4) is 0 Å². The van der Waals surface area contributed by atoms with E-state index in [1.165, 1.54) is 0 Å². The summed E-state index contributed by atoms with van der Waals surface area (Å²) in [5, 5.41) is 4.45. The van der Waals surface area contributed by atoms with E-state index < -0.39 is 7.29 Å². The molecular formula is C13H19N2O2PS. The smallest absolute Gasteiger partial charge is 0.202 e. The summed E-state index contributed by atoms with van der Waals surface area (Å²) in [4.78, 5) is 0. The molecule has 0 bridgehead atoms. The number of ether oxygens (including phenoxy) is 1. The molecule has 1 unspecified atom stereocenters. The molecule has 1 heterocycles. The molecule has 1 aromatic rings. The second-order valence-corrected chi connectivity index (χ2v) is 7.92. The standard InChI is InChI=1S/C13H19N2O2PS/c1-5-17-10-6-7-11-12(8-10)18(4,16)15(9(2)3)13(19)14-11/h6-9H,5H2,1-4H3,(H,14,19). The van der Waals surface area contributed by atoms with Crippen molar-refractivity contribution in [2.75, 3.05) is 18.6 Å². The molecule has 19 heavy (non-hydrogen) atoms. The van der Waals surface area contributed by atoms with Crippen molar-refractivity contribution in [2.24, 2.45) is 0 Å². The Bertz CT molecular complexity index is 560. The van der Waals surface area contributed by atoms with Gasteiger partial charge < -0.3 is 10.1 Å². The lowest BCUT2D eigenvalue weighted by Crippen LogP contribution is -2.44. The lowest BCUT2D eigenvalue weighted by molar-refractivity contribution is 0.340. The molecule has 0 aromatic heterocycles. The minimum atomic E-state index is -2.70. The van der Waals surface area contributed by atoms with Crippen LogP contribution >= 0.6 is 19.5 Å². The number of nitrogens with one attached hydrogen (secondary N) is 1. The van der Waals surface area contributed by atoms with Gasteiger partial charge in [0.05, 0.1) is 17.6 Å². The highest BCUT2D eigenvalue weighted by molar-refractivity contribution is 7.82. The van der Waals surface area contributed by atoms with Gasteiger partial charge in [0, 0.05) is 12.7 Å². The Labute approximate surface area is 119 Å². The molecule has 6 heteroatoms. The second kappa shape index (κ2) is 5.14. The number of hydrogen-bond acceptors (Lipinski definition) is 3. The zero-order valence-electron chi connectivity index (χ0n) is 11.6. The Morgan fingerprint density at radius 3 is 2.74 bits per heavy atom. The normalized spacial score (nSPS) is 22.2. The highest BCUT2D eigenvalue weighted by Crippen LogP contribution is 2.51. The van der Waals surface area contributed by atoms with Crippen LogP contribution in [0.4, 0.5) is 5.69 Å². The van der Waals surface area contributed by atoms with Crippen LogP contribution in [0.15, 0.2) is 18.2 Å². The molecule has 0 spiro atoms. The fourth-order valence-electron chi connectivity index (χ4n) is 2.35. The fraction of sp³-hybridized carbons (Fsp3) is 0.462. The van der Waals surface area contributed by atoms with E-state index >= 15 is 0 Å². The van der Waals surface area contributed by atoms with Crippen LogP contribution in [0.5, 0.6) is 5.75 Å². The summed E-state index contributed by atoms with van der Waals surface area (Å²) in [6, 6.07) is 5.67. The Hall–Kier alpha value is -1.06. The molecule has 1 N–H and O–H groups in total. The molecule has 1 aliphatic rings. The molecule has 1 aliphatic heterocycles. The molecule has 0 saturated carbocycles. The number of nitrogens with zero attached hydrogens (tertiary/aromatic N) is 1. The topological polar surface area (TPSA) is 41.6 Å². The highest BCUT2D eigenvalue weighted by Gasteiger charge is 2.38. The van der Waals surface area contributed by atoms with Crippen LogP contribution in [-0.4, -0.2) is 29.1 Å². The van der Waals surface area contributed by atoms with E-state index in [-0.39, 0.29) is 6.04 Å². The van der Waals surface area contributed by atoms with Gasteiger partial charge in [0.2, 0.25) is 7.29 Å². The van der Waals surface area contributed by atoms with Gasteiger partial charge in [0.1, 0.15) is 5.75 Å². The fourth-order valence-corrected chi connectivity index (χ4v) is 5.60. The van der Waals surface area contributed by atoms with Crippen molar-refractivity contribution in [1.82, 2.24) is 4.67 Å². The molecule has 0 amide bonds. The number of anilines is 1. The summed E-state index contributed by atoms with van der Waals surface area (Å²) in [7, 11) is -2.70. The van der Waals surface area contributed by atoms with Gasteiger partial charge in [-0.3, -0.25) is 9.24 Å². The van der Waals surface area contributed by atoms with E-state index in [0.717, 1.165) is 16.7 Å². The van der Waals surface area contributed by atoms with Gasteiger partial charge in [-0.2, -0.15) is 0 Å². The van der Waals surface area contributed by atoms with Gasteiger partial charge >= 0.3 is 0 Å². The first-order valence-corrected chi connectivity index (χ1v) is 8.85. The molecule has 1 atom stereocenters. The number of benzene rings is 1. The van der Waals surface area contributed by atoms with Crippen molar-refractivity contribution in [3.05, 3.63) is 18.2 Å². The van der Waals surface area contributed by atoms with Gasteiger partial charge in [-0.05, 0) is 51.2 Å². The van der Waals surface area contributed by atoms with Crippen molar-refractivity contribution < 1.29 is 9.30 Å². The summed E-state index contributed by atoms with van der Waals surface area (Å²) in [6.07, 6.45) is 0. The molecule has 0 aliphatic carbocycles. The Kier molecular flexibility index (Phi) is 3.88. The predicted molar refractivity (Wildman–Crippen MR) is 84.0 cm³/mol. The third-order valence-electron chi connectivity index (χ3n) is 3.08. The molecule has 0 radical (unpaired) electrons. The molecular weight excluding hydrogens is 279 g/mol. The van der Waals surface area contributed by atoms with Gasteiger partial charge in [-0.15, -0.1) is 0 Å². The van der Waals surface area contributed by atoms with Crippen molar-refractivity contribution in [3.8, 4) is 5.75 Å². The van der Waals surface area contributed by atoms with Crippen LogP contribution in [0.1, 0.15) is 20.8 Å². The average Bonchev–Trinajstić information content (AvgIpc) is 2.29. The minimum absolute atomic E-state index is 0.0831. The second-order valence-electron chi connectivity index (χ2n) is 4.86. The summed E-state index contributed by atoms with van der Waals surface area (Å²) in [5.41, 5.74) is 0.816. The number of hydrogen-bond donors (Lipinski definition) is 1. The maximum absolute atomic E-state index is 13.1. The molecule has 1 aromatic carbocycles. The van der Waals surface area contributed by atoms with Gasteiger partial charge in [0.15, 0.2) is 5.11 Å². The first kappa shape index (κ1) is 14.4. The van der Waals surface area contributed by atoms with Crippen molar-refractivity contribution in [2.45, 2.75) is 26.8 Å². The minimum Gasteiger partial charge on any atom is -0.494 e. The van der Waals surface area contributed by atoms with E-state index in [9.17, 15) is 4.57 Å². The Morgan fingerprint density at radius 1 is 1.47 bits per heavy atom. The lowest BCUT2D eigenvalue weighted by atomic mass is 10.3. The first-order valence-electron chi connectivity index (χ1n) is 6.33. The average molecular weight is 298 g/mol. The van der Waals surface area contributed by atoms with E-state index in [1.54, 1.807) is 11.3 Å². The highest BCUT2D eigenvalue weighted by atomic mass is 32.1. The zero-order valence-corrected chi connectivity index (χ0v) is 13.3. The lowest BCUT2D eigenvalue weighted by Gasteiger charge is -2.40. The van der Waals surface area contributed by atoms with Crippen LogP contribution in [0.2, 0.25) is 0 Å². The monoisotopic (exact) mass is 298 g/mol. The van der Waals surface area contributed by atoms with Crippen molar-refractivity contribution >= 4 is 35.6 Å². The van der Waals surface area contributed by atoms with E-state index in [4.69, 9.17) is 17.0 Å². The molecule has 0 fully saturated rings. The van der Waals surface area contributed by atoms with Crippen molar-refractivity contribution in [1.29, 1.82) is 0 Å².